The first kappa shape index (κ1) is 14.1. The van der Waals surface area contributed by atoms with Crippen molar-refractivity contribution < 1.29 is 4.42 Å². The summed E-state index contributed by atoms with van der Waals surface area (Å²) < 4.78 is 6.77. The maximum Gasteiger partial charge on any atom is 0.315 e. The maximum atomic E-state index is 5.64. The number of rotatable bonds is 5. The Hall–Kier alpha value is -1.56. The van der Waals surface area contributed by atoms with Gasteiger partial charge in [-0.15, -0.1) is 5.10 Å². The number of nitrogens with one attached hydrogen (secondary N) is 1. The zero-order chi connectivity index (χ0) is 14.9. The fraction of sp³-hybridized carbons (Fsp3) is 0.500. The van der Waals surface area contributed by atoms with Crippen molar-refractivity contribution in [2.24, 2.45) is 5.92 Å². The van der Waals surface area contributed by atoms with Crippen LogP contribution in [0.4, 0.5) is 11.7 Å². The summed E-state index contributed by atoms with van der Waals surface area (Å²) in [4.78, 5) is 2.43. The molecule has 6 heteroatoms. The zero-order valence-electron chi connectivity index (χ0n) is 12.3. The highest BCUT2D eigenvalue weighted by Crippen LogP contribution is 2.39. The van der Waals surface area contributed by atoms with E-state index < -0.39 is 0 Å². The predicted molar refractivity (Wildman–Crippen MR) is 89.2 cm³/mol. The van der Waals surface area contributed by atoms with E-state index in [0.29, 0.717) is 17.9 Å². The van der Waals surface area contributed by atoms with Gasteiger partial charge >= 0.3 is 6.01 Å². The van der Waals surface area contributed by atoms with E-state index in [0.717, 1.165) is 30.0 Å². The van der Waals surface area contributed by atoms with Crippen LogP contribution in [0.3, 0.4) is 0 Å². The van der Waals surface area contributed by atoms with Crippen molar-refractivity contribution in [2.45, 2.75) is 25.2 Å². The quantitative estimate of drug-likeness (QED) is 0.879. The topological polar surface area (TPSA) is 54.2 Å². The summed E-state index contributed by atoms with van der Waals surface area (Å²) >= 11 is 3.54. The fourth-order valence-electron chi connectivity index (χ4n) is 2.94. The van der Waals surface area contributed by atoms with Crippen LogP contribution in [0.5, 0.6) is 0 Å². The smallest absolute Gasteiger partial charge is 0.315 e. The zero-order valence-corrected chi connectivity index (χ0v) is 13.9. The maximum absolute atomic E-state index is 5.64. The molecule has 4 rings (SSSR count). The van der Waals surface area contributed by atoms with Crippen LogP contribution in [0, 0.1) is 5.92 Å². The molecule has 0 spiro atoms. The second kappa shape index (κ2) is 5.91. The van der Waals surface area contributed by atoms with Crippen LogP contribution >= 0.6 is 15.9 Å². The molecular formula is C16H19BrN4O. The van der Waals surface area contributed by atoms with Gasteiger partial charge in [-0.3, -0.25) is 0 Å². The molecule has 1 N–H and O–H groups in total. The number of hydrogen-bond acceptors (Lipinski definition) is 5. The highest BCUT2D eigenvalue weighted by Gasteiger charge is 2.29. The third-order valence-electron chi connectivity index (χ3n) is 4.37. The first-order valence-corrected chi connectivity index (χ1v) is 8.65. The lowest BCUT2D eigenvalue weighted by molar-refractivity contribution is 0.500. The fourth-order valence-corrected chi connectivity index (χ4v) is 3.33. The molecule has 22 heavy (non-hydrogen) atoms. The van der Waals surface area contributed by atoms with E-state index in [-0.39, 0.29) is 0 Å². The van der Waals surface area contributed by atoms with Crippen LogP contribution in [0.15, 0.2) is 33.2 Å². The molecule has 1 saturated carbocycles. The van der Waals surface area contributed by atoms with E-state index in [1.54, 1.807) is 0 Å². The molecule has 0 amide bonds. The first-order chi connectivity index (χ1) is 10.8. The van der Waals surface area contributed by atoms with Crippen molar-refractivity contribution >= 4 is 27.6 Å². The van der Waals surface area contributed by atoms with Gasteiger partial charge in [0.15, 0.2) is 0 Å². The van der Waals surface area contributed by atoms with E-state index in [2.05, 4.69) is 60.6 Å². The molecular weight excluding hydrogens is 344 g/mol. The molecule has 1 aromatic heterocycles. The Morgan fingerprint density at radius 1 is 1.27 bits per heavy atom. The Balaban J connectivity index is 1.31. The van der Waals surface area contributed by atoms with Crippen molar-refractivity contribution in [1.29, 1.82) is 0 Å². The molecule has 5 nitrogen and oxygen atoms in total. The number of hydrogen-bond donors (Lipinski definition) is 1. The van der Waals surface area contributed by atoms with Crippen LogP contribution in [0.1, 0.15) is 31.1 Å². The van der Waals surface area contributed by atoms with E-state index in [9.17, 15) is 0 Å². The lowest BCUT2D eigenvalue weighted by Crippen LogP contribution is -2.22. The number of benzene rings is 1. The Morgan fingerprint density at radius 2 is 2.18 bits per heavy atom. The molecule has 1 unspecified atom stereocenters. The summed E-state index contributed by atoms with van der Waals surface area (Å²) in [7, 11) is 0. The second-order valence-corrected chi connectivity index (χ2v) is 7.10. The normalized spacial score (nSPS) is 21.3. The first-order valence-electron chi connectivity index (χ1n) is 7.86. The van der Waals surface area contributed by atoms with E-state index in [4.69, 9.17) is 4.42 Å². The molecule has 1 saturated heterocycles. The van der Waals surface area contributed by atoms with Gasteiger partial charge in [-0.25, -0.2) is 0 Å². The Kier molecular flexibility index (Phi) is 3.78. The highest BCUT2D eigenvalue weighted by atomic mass is 79.9. The van der Waals surface area contributed by atoms with Crippen LogP contribution in [-0.4, -0.2) is 29.8 Å². The van der Waals surface area contributed by atoms with Gasteiger partial charge in [0.25, 0.3) is 0 Å². The molecule has 1 aliphatic carbocycles. The van der Waals surface area contributed by atoms with Crippen LogP contribution < -0.4 is 10.2 Å². The SMILES string of the molecule is Brc1cccc(N2CCC(CNc3nnc(C4CC4)o3)C2)c1. The van der Waals surface area contributed by atoms with E-state index in [1.165, 1.54) is 24.9 Å². The predicted octanol–water partition coefficient (Wildman–Crippen LogP) is 3.65. The number of nitrogens with zero attached hydrogens (tertiary/aromatic N) is 3. The van der Waals surface area contributed by atoms with Gasteiger partial charge in [0.2, 0.25) is 5.89 Å². The lowest BCUT2D eigenvalue weighted by atomic mass is 10.1. The molecule has 116 valence electrons. The average Bonchev–Trinajstić information content (AvgIpc) is 3.09. The van der Waals surface area contributed by atoms with Gasteiger partial charge in [-0.1, -0.05) is 27.1 Å². The summed E-state index contributed by atoms with van der Waals surface area (Å²) in [6, 6.07) is 9.06. The number of aromatic nitrogens is 2. The monoisotopic (exact) mass is 362 g/mol. The number of anilines is 2. The molecule has 2 aromatic rings. The summed E-state index contributed by atoms with van der Waals surface area (Å²) in [6.45, 7) is 3.05. The Bertz CT molecular complexity index is 655. The Morgan fingerprint density at radius 3 is 3.00 bits per heavy atom. The van der Waals surface area contributed by atoms with E-state index in [1.807, 2.05) is 0 Å². The van der Waals surface area contributed by atoms with Gasteiger partial charge in [0, 0.05) is 35.7 Å². The highest BCUT2D eigenvalue weighted by molar-refractivity contribution is 9.10. The van der Waals surface area contributed by atoms with Gasteiger partial charge in [-0.2, -0.15) is 0 Å². The van der Waals surface area contributed by atoms with Crippen LogP contribution in [0.2, 0.25) is 0 Å². The summed E-state index contributed by atoms with van der Waals surface area (Å²) in [5.74, 6) is 1.92. The summed E-state index contributed by atoms with van der Waals surface area (Å²) in [6.07, 6.45) is 3.56. The van der Waals surface area contributed by atoms with Crippen molar-refractivity contribution in [3.05, 3.63) is 34.6 Å². The van der Waals surface area contributed by atoms with Crippen molar-refractivity contribution in [2.75, 3.05) is 29.9 Å². The van der Waals surface area contributed by atoms with E-state index >= 15 is 0 Å². The van der Waals surface area contributed by atoms with Gasteiger partial charge in [0.05, 0.1) is 0 Å². The van der Waals surface area contributed by atoms with Crippen molar-refractivity contribution in [3.63, 3.8) is 0 Å². The lowest BCUT2D eigenvalue weighted by Gasteiger charge is -2.19. The summed E-state index contributed by atoms with van der Waals surface area (Å²) in [5.41, 5.74) is 1.28. The molecule has 0 bridgehead atoms. The minimum Gasteiger partial charge on any atom is -0.408 e. The molecule has 2 aliphatic rings. The van der Waals surface area contributed by atoms with Crippen LogP contribution in [0.25, 0.3) is 0 Å². The minimum absolute atomic E-state index is 0.515. The van der Waals surface area contributed by atoms with Gasteiger partial charge < -0.3 is 14.6 Å². The third kappa shape index (κ3) is 3.11. The van der Waals surface area contributed by atoms with Crippen molar-refractivity contribution in [3.8, 4) is 0 Å². The standard InChI is InChI=1S/C16H19BrN4O/c17-13-2-1-3-14(8-13)21-7-6-11(10-21)9-18-16-20-19-15(22-16)12-4-5-12/h1-3,8,11-12H,4-7,9-10H2,(H,18,20). The largest absolute Gasteiger partial charge is 0.408 e. The molecule has 1 atom stereocenters. The Labute approximate surface area is 138 Å². The third-order valence-corrected chi connectivity index (χ3v) is 4.86. The van der Waals surface area contributed by atoms with Crippen molar-refractivity contribution in [1.82, 2.24) is 10.2 Å². The van der Waals surface area contributed by atoms with Crippen LogP contribution in [-0.2, 0) is 0 Å². The second-order valence-electron chi connectivity index (χ2n) is 6.18. The molecule has 2 heterocycles. The average molecular weight is 363 g/mol. The number of halogens is 1. The molecule has 2 fully saturated rings. The molecule has 1 aromatic carbocycles. The summed E-state index contributed by atoms with van der Waals surface area (Å²) in [5, 5.41) is 11.5. The van der Waals surface area contributed by atoms with Gasteiger partial charge in [0.1, 0.15) is 0 Å². The molecule has 1 aliphatic heterocycles. The van der Waals surface area contributed by atoms with Gasteiger partial charge in [-0.05, 0) is 43.4 Å². The molecule has 0 radical (unpaired) electrons. The minimum atomic E-state index is 0.515.